The van der Waals surface area contributed by atoms with Gasteiger partial charge in [0.1, 0.15) is 0 Å². The summed E-state index contributed by atoms with van der Waals surface area (Å²) in [4.78, 5) is 23.4. The zero-order valence-electron chi connectivity index (χ0n) is 14.4. The molecule has 0 aliphatic carbocycles. The second-order valence-electron chi connectivity index (χ2n) is 5.24. The van der Waals surface area contributed by atoms with E-state index >= 15 is 0 Å². The van der Waals surface area contributed by atoms with Gasteiger partial charge in [-0.15, -0.1) is 0 Å². The first kappa shape index (κ1) is 21.5. The Hall–Kier alpha value is -1.51. The number of carbonyl (C=O) groups excluding carboxylic acids is 2. The smallest absolute Gasteiger partial charge is 0.278 e. The summed E-state index contributed by atoms with van der Waals surface area (Å²) in [6.45, 7) is 0.0167. The van der Waals surface area contributed by atoms with Crippen LogP contribution < -0.4 is 4.72 Å². The Balaban J connectivity index is 3.09. The lowest BCUT2D eigenvalue weighted by atomic mass is 10.4. The van der Waals surface area contributed by atoms with Crippen LogP contribution in [0, 0.1) is 0 Å². The van der Waals surface area contributed by atoms with Gasteiger partial charge < -0.3 is 0 Å². The van der Waals surface area contributed by atoms with Gasteiger partial charge in [-0.1, -0.05) is 43.4 Å². The summed E-state index contributed by atoms with van der Waals surface area (Å²) < 4.78 is 41.3. The highest BCUT2D eigenvalue weighted by molar-refractivity contribution is 8.57. The number of nitrogens with one attached hydrogen (secondary N) is 1. The van der Waals surface area contributed by atoms with E-state index in [1.54, 1.807) is 6.07 Å². The summed E-state index contributed by atoms with van der Waals surface area (Å²) in [6.07, 6.45) is 1.02. The molecule has 0 radical (unpaired) electrons. The molecule has 0 saturated carbocycles. The average molecular weight is 407 g/mol. The lowest BCUT2D eigenvalue weighted by Gasteiger charge is -2.33. The van der Waals surface area contributed by atoms with Gasteiger partial charge in [-0.3, -0.25) is 18.7 Å². The highest BCUT2D eigenvalue weighted by Gasteiger charge is 2.39. The Morgan fingerprint density at radius 2 is 1.88 bits per heavy atom. The molecule has 0 aromatic heterocycles. The van der Waals surface area contributed by atoms with E-state index in [1.165, 1.54) is 38.4 Å². The minimum absolute atomic E-state index is 0.0927. The molecule has 8 nitrogen and oxygen atoms in total. The van der Waals surface area contributed by atoms with Crippen LogP contribution in [0.1, 0.15) is 20.3 Å². The number of amides is 3. The van der Waals surface area contributed by atoms with Crippen LogP contribution in [0.5, 0.6) is 0 Å². The van der Waals surface area contributed by atoms with Gasteiger partial charge in [-0.2, -0.15) is 0 Å². The maximum atomic E-state index is 13.2. The Bertz CT molecular complexity index is 757. The van der Waals surface area contributed by atoms with Crippen LogP contribution in [0.25, 0.3) is 0 Å². The number of hydrogen-bond donors (Lipinski definition) is 1. The first-order chi connectivity index (χ1) is 11.6. The highest BCUT2D eigenvalue weighted by atomic mass is 32.7. The molecule has 0 heterocycles. The molecule has 0 bridgehead atoms. The molecule has 2 unspecified atom stereocenters. The fraction of sp³-hybridized carbons (Fsp3) is 0.429. The van der Waals surface area contributed by atoms with Crippen molar-refractivity contribution in [2.75, 3.05) is 14.1 Å². The molecule has 2 atom stereocenters. The van der Waals surface area contributed by atoms with Crippen molar-refractivity contribution in [2.24, 2.45) is 0 Å². The quantitative estimate of drug-likeness (QED) is 0.525. The number of urea groups is 1. The summed E-state index contributed by atoms with van der Waals surface area (Å²) in [6, 6.07) is 6.28. The van der Waals surface area contributed by atoms with Crippen LogP contribution in [0.2, 0.25) is 0 Å². The fourth-order valence-corrected chi connectivity index (χ4v) is 7.54. The van der Waals surface area contributed by atoms with Gasteiger partial charge in [0.2, 0.25) is 6.41 Å². The van der Waals surface area contributed by atoms with Crippen molar-refractivity contribution in [3.05, 3.63) is 30.3 Å². The normalized spacial score (nSPS) is 14.9. The largest absolute Gasteiger partial charge is 0.338 e. The summed E-state index contributed by atoms with van der Waals surface area (Å²) in [5.41, 5.74) is 0. The molecular weight excluding hydrogens is 385 g/mol. The minimum Gasteiger partial charge on any atom is -0.278 e. The molecule has 3 amide bonds. The van der Waals surface area contributed by atoms with E-state index in [0.29, 0.717) is 12.8 Å². The summed E-state index contributed by atoms with van der Waals surface area (Å²) in [5.74, 6) is 0. The number of hydrogen-bond acceptors (Lipinski definition) is 6. The maximum Gasteiger partial charge on any atom is 0.338 e. The van der Waals surface area contributed by atoms with E-state index in [9.17, 15) is 22.6 Å². The van der Waals surface area contributed by atoms with Crippen molar-refractivity contribution in [1.29, 1.82) is 0 Å². The van der Waals surface area contributed by atoms with Crippen molar-refractivity contribution in [2.45, 2.75) is 30.4 Å². The average Bonchev–Trinajstić information content (AvgIpc) is 2.60. The number of nitrogens with zero attached hydrogens (tertiary/aromatic N) is 2. The number of benzene rings is 1. The molecule has 1 N–H and O–H groups in total. The fourth-order valence-electron chi connectivity index (χ4n) is 1.68. The van der Waals surface area contributed by atoms with Gasteiger partial charge in [0.15, 0.2) is 0 Å². The van der Waals surface area contributed by atoms with E-state index in [-0.39, 0.29) is 10.1 Å². The second-order valence-corrected chi connectivity index (χ2v) is 12.2. The van der Waals surface area contributed by atoms with Gasteiger partial charge >= 0.3 is 12.7 Å². The molecule has 1 aromatic rings. The van der Waals surface area contributed by atoms with Gasteiger partial charge in [0.05, 0.1) is 4.90 Å². The van der Waals surface area contributed by atoms with E-state index < -0.39 is 22.7 Å². The Morgan fingerprint density at radius 1 is 1.32 bits per heavy atom. The Kier molecular flexibility index (Phi) is 7.52. The van der Waals surface area contributed by atoms with Gasteiger partial charge in [-0.25, -0.2) is 17.9 Å². The molecule has 11 heteroatoms. The van der Waals surface area contributed by atoms with Crippen LogP contribution in [0.4, 0.5) is 4.79 Å². The monoisotopic (exact) mass is 407 g/mol. The minimum atomic E-state index is -4.11. The summed E-state index contributed by atoms with van der Waals surface area (Å²) >= 11 is 0.958. The predicted molar refractivity (Wildman–Crippen MR) is 98.7 cm³/mol. The summed E-state index contributed by atoms with van der Waals surface area (Å²) in [7, 11) is -1.62. The van der Waals surface area contributed by atoms with Crippen LogP contribution >= 0.6 is 18.0 Å². The topological polar surface area (TPSA) is 104 Å². The molecule has 0 fully saturated rings. The molecule has 0 spiro atoms. The van der Waals surface area contributed by atoms with Gasteiger partial charge in [0.25, 0.3) is 10.0 Å². The van der Waals surface area contributed by atoms with E-state index in [0.717, 1.165) is 20.7 Å². The summed E-state index contributed by atoms with van der Waals surface area (Å²) in [5, 5.41) is -0.103. The molecule has 1 rings (SSSR count). The molecule has 0 aliphatic rings. The van der Waals surface area contributed by atoms with Crippen molar-refractivity contribution >= 4 is 40.5 Å². The second kappa shape index (κ2) is 8.73. The van der Waals surface area contributed by atoms with E-state index in [1.807, 2.05) is 18.6 Å². The first-order valence-electron chi connectivity index (χ1n) is 7.41. The zero-order valence-corrected chi connectivity index (χ0v) is 17.0. The highest BCUT2D eigenvalue weighted by Crippen LogP contribution is 2.64. The number of sulfonamides is 1. The lowest BCUT2D eigenvalue weighted by molar-refractivity contribution is -0.113. The first-order valence-corrected chi connectivity index (χ1v) is 12.0. The van der Waals surface area contributed by atoms with Gasteiger partial charge in [0, 0.05) is 19.3 Å². The van der Waals surface area contributed by atoms with E-state index in [4.69, 9.17) is 0 Å². The lowest BCUT2D eigenvalue weighted by Crippen LogP contribution is -2.41. The SMILES string of the molecule is CCC(C)SP(=O)(N(C)C=O)N(C)C(=O)NS(=O)(=O)c1ccccc1. The van der Waals surface area contributed by atoms with Crippen LogP contribution in [-0.4, -0.2) is 49.5 Å². The van der Waals surface area contributed by atoms with Crippen molar-refractivity contribution in [1.82, 2.24) is 14.1 Å². The van der Waals surface area contributed by atoms with Crippen LogP contribution in [0.15, 0.2) is 35.2 Å². The molecule has 140 valence electrons. The zero-order chi connectivity index (χ0) is 19.3. The number of rotatable bonds is 8. The van der Waals surface area contributed by atoms with Crippen LogP contribution in [-0.2, 0) is 19.4 Å². The van der Waals surface area contributed by atoms with Gasteiger partial charge in [-0.05, 0) is 18.6 Å². The predicted octanol–water partition coefficient (Wildman–Crippen LogP) is 2.74. The molecular formula is C14H22N3O5PS2. The third-order valence-electron chi connectivity index (χ3n) is 3.39. The molecule has 0 saturated heterocycles. The van der Waals surface area contributed by atoms with Crippen molar-refractivity contribution in [3.8, 4) is 0 Å². The van der Waals surface area contributed by atoms with Crippen molar-refractivity contribution in [3.63, 3.8) is 0 Å². The molecule has 25 heavy (non-hydrogen) atoms. The van der Waals surface area contributed by atoms with Crippen molar-refractivity contribution < 1.29 is 22.6 Å². The van der Waals surface area contributed by atoms with E-state index in [2.05, 4.69) is 0 Å². The maximum absolute atomic E-state index is 13.2. The molecule has 0 aliphatic heterocycles. The Labute approximate surface area is 152 Å². The number of carbonyl (C=O) groups is 2. The third-order valence-corrected chi connectivity index (χ3v) is 10.9. The molecule has 1 aromatic carbocycles. The standard InChI is InChI=1S/C14H22N3O5PS2/c1-5-12(2)24-23(20,16(3)11-18)17(4)14(19)15-25(21,22)13-9-7-6-8-10-13/h6-12H,5H2,1-4H3,(H,15,19). The Morgan fingerprint density at radius 3 is 2.36 bits per heavy atom. The third kappa shape index (κ3) is 5.23. The van der Waals surface area contributed by atoms with Crippen LogP contribution in [0.3, 0.4) is 0 Å².